The summed E-state index contributed by atoms with van der Waals surface area (Å²) in [7, 11) is 0. The van der Waals surface area contributed by atoms with E-state index in [-0.39, 0.29) is 5.78 Å². The van der Waals surface area contributed by atoms with Crippen LogP contribution in [0.5, 0.6) is 0 Å². The summed E-state index contributed by atoms with van der Waals surface area (Å²) in [4.78, 5) is 12.5. The Labute approximate surface area is 109 Å². The molecule has 0 aliphatic heterocycles. The summed E-state index contributed by atoms with van der Waals surface area (Å²) in [6, 6.07) is 5.79. The van der Waals surface area contributed by atoms with Gasteiger partial charge in [-0.05, 0) is 51.0 Å². The fourth-order valence-corrected chi connectivity index (χ4v) is 2.79. The molecule has 0 bridgehead atoms. The van der Waals surface area contributed by atoms with Crippen molar-refractivity contribution in [3.8, 4) is 0 Å². The standard InChI is InChI=1S/C16H22O2/c1-11-6-8-16(18,9-7-11)15(17)14-5-4-12(2)10-13(14)3/h4-5,10-11,18H,6-9H2,1-3H3. The average molecular weight is 246 g/mol. The number of rotatable bonds is 2. The van der Waals surface area contributed by atoms with E-state index in [1.807, 2.05) is 32.0 Å². The predicted octanol–water partition coefficient (Wildman–Crippen LogP) is 3.43. The summed E-state index contributed by atoms with van der Waals surface area (Å²) in [6.45, 7) is 6.13. The quantitative estimate of drug-likeness (QED) is 0.812. The zero-order chi connectivity index (χ0) is 13.3. The number of hydrogen-bond donors (Lipinski definition) is 1. The van der Waals surface area contributed by atoms with Crippen LogP contribution in [0.3, 0.4) is 0 Å². The third-order valence-electron chi connectivity index (χ3n) is 4.15. The Balaban J connectivity index is 2.25. The molecule has 0 saturated heterocycles. The monoisotopic (exact) mass is 246 g/mol. The van der Waals surface area contributed by atoms with Crippen molar-refractivity contribution in [1.82, 2.24) is 0 Å². The minimum atomic E-state index is -1.13. The van der Waals surface area contributed by atoms with E-state index in [0.717, 1.165) is 24.0 Å². The minimum absolute atomic E-state index is 0.0908. The molecule has 2 rings (SSSR count). The van der Waals surface area contributed by atoms with Gasteiger partial charge in [0.25, 0.3) is 0 Å². The van der Waals surface area contributed by atoms with Crippen molar-refractivity contribution in [2.75, 3.05) is 0 Å². The fraction of sp³-hybridized carbons (Fsp3) is 0.562. The van der Waals surface area contributed by atoms with Crippen molar-refractivity contribution < 1.29 is 9.90 Å². The summed E-state index contributed by atoms with van der Waals surface area (Å²) in [5.41, 5.74) is 1.66. The number of Topliss-reactive ketones (excluding diaryl/α,β-unsaturated/α-hetero) is 1. The molecule has 0 radical (unpaired) electrons. The van der Waals surface area contributed by atoms with Crippen LogP contribution >= 0.6 is 0 Å². The number of hydrogen-bond acceptors (Lipinski definition) is 2. The first-order valence-electron chi connectivity index (χ1n) is 6.77. The molecule has 0 amide bonds. The lowest BCUT2D eigenvalue weighted by atomic mass is 9.75. The first kappa shape index (κ1) is 13.3. The van der Waals surface area contributed by atoms with Crippen molar-refractivity contribution in [2.45, 2.75) is 52.1 Å². The molecule has 1 saturated carbocycles. The number of aliphatic hydroxyl groups is 1. The second-order valence-corrected chi connectivity index (χ2v) is 5.86. The van der Waals surface area contributed by atoms with Crippen LogP contribution in [0.2, 0.25) is 0 Å². The van der Waals surface area contributed by atoms with Gasteiger partial charge in [-0.1, -0.05) is 30.7 Å². The molecule has 1 fully saturated rings. The number of benzene rings is 1. The second-order valence-electron chi connectivity index (χ2n) is 5.86. The molecule has 1 aliphatic carbocycles. The van der Waals surface area contributed by atoms with Crippen LogP contribution in [0, 0.1) is 19.8 Å². The van der Waals surface area contributed by atoms with Gasteiger partial charge >= 0.3 is 0 Å². The van der Waals surface area contributed by atoms with Gasteiger partial charge in [0.2, 0.25) is 0 Å². The van der Waals surface area contributed by atoms with E-state index in [9.17, 15) is 9.90 Å². The Bertz CT molecular complexity index is 454. The van der Waals surface area contributed by atoms with E-state index in [4.69, 9.17) is 0 Å². The largest absolute Gasteiger partial charge is 0.382 e. The molecule has 2 heteroatoms. The normalized spacial score (nSPS) is 28.1. The van der Waals surface area contributed by atoms with Crippen LogP contribution in [0.25, 0.3) is 0 Å². The zero-order valence-corrected chi connectivity index (χ0v) is 11.5. The van der Waals surface area contributed by atoms with Gasteiger partial charge in [-0.25, -0.2) is 0 Å². The van der Waals surface area contributed by atoms with Crippen molar-refractivity contribution >= 4 is 5.78 Å². The fourth-order valence-electron chi connectivity index (χ4n) is 2.79. The molecule has 0 heterocycles. The summed E-state index contributed by atoms with van der Waals surface area (Å²) in [5, 5.41) is 10.6. The Morgan fingerprint density at radius 2 is 1.89 bits per heavy atom. The lowest BCUT2D eigenvalue weighted by molar-refractivity contribution is 0.00420. The highest BCUT2D eigenvalue weighted by Gasteiger charge is 2.39. The maximum atomic E-state index is 12.5. The molecule has 18 heavy (non-hydrogen) atoms. The highest BCUT2D eigenvalue weighted by Crippen LogP contribution is 2.34. The van der Waals surface area contributed by atoms with Gasteiger partial charge in [-0.15, -0.1) is 0 Å². The maximum Gasteiger partial charge on any atom is 0.194 e. The first-order valence-corrected chi connectivity index (χ1v) is 6.77. The second kappa shape index (κ2) is 4.85. The third-order valence-corrected chi connectivity index (χ3v) is 4.15. The minimum Gasteiger partial charge on any atom is -0.382 e. The van der Waals surface area contributed by atoms with Crippen molar-refractivity contribution in [2.24, 2.45) is 5.92 Å². The SMILES string of the molecule is Cc1ccc(C(=O)C2(O)CCC(C)CC2)c(C)c1. The van der Waals surface area contributed by atoms with E-state index >= 15 is 0 Å². The highest BCUT2D eigenvalue weighted by molar-refractivity contribution is 6.03. The smallest absolute Gasteiger partial charge is 0.194 e. The molecule has 0 spiro atoms. The van der Waals surface area contributed by atoms with Crippen molar-refractivity contribution in [1.29, 1.82) is 0 Å². The topological polar surface area (TPSA) is 37.3 Å². The van der Waals surface area contributed by atoms with Crippen LogP contribution in [0.1, 0.15) is 54.1 Å². The van der Waals surface area contributed by atoms with Crippen LogP contribution in [0.15, 0.2) is 18.2 Å². The van der Waals surface area contributed by atoms with E-state index in [1.54, 1.807) is 0 Å². The molecule has 0 aromatic heterocycles. The highest BCUT2D eigenvalue weighted by atomic mass is 16.3. The van der Waals surface area contributed by atoms with Gasteiger partial charge in [0.05, 0.1) is 0 Å². The Kier molecular flexibility index (Phi) is 3.58. The Morgan fingerprint density at radius 1 is 1.28 bits per heavy atom. The van der Waals surface area contributed by atoms with Gasteiger partial charge in [0.15, 0.2) is 5.78 Å². The number of aryl methyl sites for hydroxylation is 2. The number of ketones is 1. The van der Waals surface area contributed by atoms with E-state index in [0.29, 0.717) is 24.3 Å². The van der Waals surface area contributed by atoms with Crippen LogP contribution in [-0.4, -0.2) is 16.5 Å². The number of carbonyl (C=O) groups is 1. The molecule has 2 nitrogen and oxygen atoms in total. The van der Waals surface area contributed by atoms with E-state index in [1.165, 1.54) is 0 Å². The van der Waals surface area contributed by atoms with Crippen molar-refractivity contribution in [3.05, 3.63) is 34.9 Å². The van der Waals surface area contributed by atoms with Gasteiger partial charge in [0.1, 0.15) is 5.60 Å². The van der Waals surface area contributed by atoms with Gasteiger partial charge in [-0.2, -0.15) is 0 Å². The van der Waals surface area contributed by atoms with Crippen LogP contribution in [0.4, 0.5) is 0 Å². The average Bonchev–Trinajstić information content (AvgIpc) is 2.32. The summed E-state index contributed by atoms with van der Waals surface area (Å²) in [6.07, 6.45) is 3.07. The number of carbonyl (C=O) groups excluding carboxylic acids is 1. The molecular weight excluding hydrogens is 224 g/mol. The molecule has 1 N–H and O–H groups in total. The van der Waals surface area contributed by atoms with Crippen LogP contribution < -0.4 is 0 Å². The molecule has 98 valence electrons. The molecule has 0 unspecified atom stereocenters. The first-order chi connectivity index (χ1) is 8.42. The van der Waals surface area contributed by atoms with Crippen LogP contribution in [-0.2, 0) is 0 Å². The summed E-state index contributed by atoms with van der Waals surface area (Å²) < 4.78 is 0. The van der Waals surface area contributed by atoms with Gasteiger partial charge in [0, 0.05) is 5.56 Å². The predicted molar refractivity (Wildman–Crippen MR) is 72.8 cm³/mol. The zero-order valence-electron chi connectivity index (χ0n) is 11.5. The lowest BCUT2D eigenvalue weighted by Crippen LogP contribution is -2.42. The maximum absolute atomic E-state index is 12.5. The summed E-state index contributed by atoms with van der Waals surface area (Å²) in [5.74, 6) is 0.532. The summed E-state index contributed by atoms with van der Waals surface area (Å²) >= 11 is 0. The van der Waals surface area contributed by atoms with E-state index in [2.05, 4.69) is 6.92 Å². The lowest BCUT2D eigenvalue weighted by Gasteiger charge is -2.33. The Hall–Kier alpha value is -1.15. The Morgan fingerprint density at radius 3 is 2.44 bits per heavy atom. The molecule has 1 aromatic carbocycles. The molecule has 1 aromatic rings. The van der Waals surface area contributed by atoms with Gasteiger partial charge in [-0.3, -0.25) is 4.79 Å². The molecule has 0 atom stereocenters. The van der Waals surface area contributed by atoms with Crippen molar-refractivity contribution in [3.63, 3.8) is 0 Å². The van der Waals surface area contributed by atoms with Gasteiger partial charge < -0.3 is 5.11 Å². The third kappa shape index (κ3) is 2.49. The molecule has 1 aliphatic rings. The molecular formula is C16H22O2. The van der Waals surface area contributed by atoms with E-state index < -0.39 is 5.60 Å².